The molecule has 4 atom stereocenters. The van der Waals surface area contributed by atoms with Crippen molar-refractivity contribution in [2.45, 2.75) is 98.1 Å². The van der Waals surface area contributed by atoms with Crippen LogP contribution in [0.15, 0.2) is 18.2 Å². The van der Waals surface area contributed by atoms with E-state index < -0.39 is 12.2 Å². The SMILES string of the molecule is CCCCO[C@H]([C@@H](O)[C@@H](CC)OCCCC)[C@@H](C)Oc1cc(C)ccc1C. The van der Waals surface area contributed by atoms with Gasteiger partial charge in [-0.05, 0) is 57.2 Å². The first-order chi connectivity index (χ1) is 12.9. The molecular weight excluding hydrogens is 340 g/mol. The van der Waals surface area contributed by atoms with Crippen LogP contribution in [0.3, 0.4) is 0 Å². The molecule has 4 heteroatoms. The van der Waals surface area contributed by atoms with Crippen LogP contribution in [0.25, 0.3) is 0 Å². The highest BCUT2D eigenvalue weighted by atomic mass is 16.6. The van der Waals surface area contributed by atoms with E-state index in [1.54, 1.807) is 0 Å². The van der Waals surface area contributed by atoms with Crippen LogP contribution in [0.1, 0.15) is 70.9 Å². The maximum Gasteiger partial charge on any atom is 0.125 e. The maximum absolute atomic E-state index is 11.0. The highest BCUT2D eigenvalue weighted by Crippen LogP contribution is 2.24. The number of aliphatic hydroxyl groups is 1. The van der Waals surface area contributed by atoms with Gasteiger partial charge in [0.15, 0.2) is 0 Å². The summed E-state index contributed by atoms with van der Waals surface area (Å²) in [6.45, 7) is 13.7. The minimum atomic E-state index is -0.719. The molecule has 0 aliphatic rings. The van der Waals surface area contributed by atoms with E-state index in [9.17, 15) is 5.11 Å². The number of aryl methyl sites for hydroxylation is 2. The van der Waals surface area contributed by atoms with E-state index in [0.29, 0.717) is 13.2 Å². The Morgan fingerprint density at radius 2 is 1.59 bits per heavy atom. The van der Waals surface area contributed by atoms with Gasteiger partial charge >= 0.3 is 0 Å². The minimum absolute atomic E-state index is 0.243. The van der Waals surface area contributed by atoms with Crippen molar-refractivity contribution in [3.8, 4) is 5.75 Å². The Balaban J connectivity index is 2.87. The van der Waals surface area contributed by atoms with Gasteiger partial charge in [-0.1, -0.05) is 45.7 Å². The summed E-state index contributed by atoms with van der Waals surface area (Å²) in [4.78, 5) is 0. The zero-order valence-electron chi connectivity index (χ0n) is 18.2. The van der Waals surface area contributed by atoms with E-state index in [1.807, 2.05) is 26.8 Å². The molecule has 1 aromatic carbocycles. The van der Waals surface area contributed by atoms with Crippen LogP contribution in [-0.2, 0) is 9.47 Å². The third-order valence-corrected chi connectivity index (χ3v) is 4.88. The summed E-state index contributed by atoms with van der Waals surface area (Å²) < 4.78 is 18.2. The summed E-state index contributed by atoms with van der Waals surface area (Å²) in [5.41, 5.74) is 2.24. The predicted octanol–water partition coefficient (Wildman–Crippen LogP) is 5.21. The van der Waals surface area contributed by atoms with Crippen LogP contribution in [0.4, 0.5) is 0 Å². The number of rotatable bonds is 14. The fourth-order valence-electron chi connectivity index (χ4n) is 3.03. The Bertz CT molecular complexity index is 517. The van der Waals surface area contributed by atoms with Gasteiger partial charge in [0.05, 0.1) is 6.10 Å². The third kappa shape index (κ3) is 8.20. The summed E-state index contributed by atoms with van der Waals surface area (Å²) >= 11 is 0. The number of hydrogen-bond donors (Lipinski definition) is 1. The average molecular weight is 381 g/mol. The number of aliphatic hydroxyl groups excluding tert-OH is 1. The summed E-state index contributed by atoms with van der Waals surface area (Å²) in [6, 6.07) is 6.17. The van der Waals surface area contributed by atoms with Gasteiger partial charge in [0.2, 0.25) is 0 Å². The van der Waals surface area contributed by atoms with Crippen molar-refractivity contribution in [2.75, 3.05) is 13.2 Å². The quantitative estimate of drug-likeness (QED) is 0.450. The lowest BCUT2D eigenvalue weighted by Gasteiger charge is -2.33. The molecule has 0 aliphatic carbocycles. The molecular formula is C23H40O4. The van der Waals surface area contributed by atoms with Crippen molar-refractivity contribution in [2.24, 2.45) is 0 Å². The molecule has 0 radical (unpaired) electrons. The van der Waals surface area contributed by atoms with E-state index in [-0.39, 0.29) is 12.2 Å². The molecule has 0 aliphatic heterocycles. The van der Waals surface area contributed by atoms with Gasteiger partial charge in [0.1, 0.15) is 24.1 Å². The Morgan fingerprint density at radius 1 is 0.963 bits per heavy atom. The number of ether oxygens (including phenoxy) is 3. The molecule has 0 saturated heterocycles. The van der Waals surface area contributed by atoms with Gasteiger partial charge in [-0.15, -0.1) is 0 Å². The Morgan fingerprint density at radius 3 is 2.19 bits per heavy atom. The molecule has 0 spiro atoms. The molecule has 156 valence electrons. The molecule has 0 unspecified atom stereocenters. The van der Waals surface area contributed by atoms with Crippen LogP contribution in [-0.4, -0.2) is 42.7 Å². The summed E-state index contributed by atoms with van der Waals surface area (Å²) in [5, 5.41) is 11.0. The first kappa shape index (κ1) is 23.9. The van der Waals surface area contributed by atoms with Crippen molar-refractivity contribution in [3.63, 3.8) is 0 Å². The van der Waals surface area contributed by atoms with Crippen molar-refractivity contribution in [1.29, 1.82) is 0 Å². The largest absolute Gasteiger partial charge is 0.488 e. The fourth-order valence-corrected chi connectivity index (χ4v) is 3.03. The molecule has 0 saturated carbocycles. The lowest BCUT2D eigenvalue weighted by molar-refractivity contribution is -0.140. The minimum Gasteiger partial charge on any atom is -0.488 e. The molecule has 0 amide bonds. The van der Waals surface area contributed by atoms with Crippen LogP contribution in [0, 0.1) is 13.8 Å². The van der Waals surface area contributed by atoms with Crippen molar-refractivity contribution < 1.29 is 19.3 Å². The maximum atomic E-state index is 11.0. The molecule has 0 fully saturated rings. The van der Waals surface area contributed by atoms with Gasteiger partial charge in [0, 0.05) is 13.2 Å². The van der Waals surface area contributed by atoms with Crippen LogP contribution in [0.2, 0.25) is 0 Å². The lowest BCUT2D eigenvalue weighted by Crippen LogP contribution is -2.48. The van der Waals surface area contributed by atoms with Gasteiger partial charge in [-0.25, -0.2) is 0 Å². The summed E-state index contributed by atoms with van der Waals surface area (Å²) in [5.74, 6) is 0.846. The second-order valence-corrected chi connectivity index (χ2v) is 7.44. The van der Waals surface area contributed by atoms with Crippen LogP contribution < -0.4 is 4.74 Å². The monoisotopic (exact) mass is 380 g/mol. The normalized spacial score (nSPS) is 16.0. The zero-order valence-corrected chi connectivity index (χ0v) is 18.2. The van der Waals surface area contributed by atoms with Gasteiger partial charge in [0.25, 0.3) is 0 Å². The Labute approximate surface area is 166 Å². The van der Waals surface area contributed by atoms with Gasteiger partial charge < -0.3 is 19.3 Å². The van der Waals surface area contributed by atoms with Crippen LogP contribution >= 0.6 is 0 Å². The first-order valence-corrected chi connectivity index (χ1v) is 10.6. The zero-order chi connectivity index (χ0) is 20.2. The van der Waals surface area contributed by atoms with E-state index in [2.05, 4.69) is 32.9 Å². The van der Waals surface area contributed by atoms with Crippen LogP contribution in [0.5, 0.6) is 5.75 Å². The van der Waals surface area contributed by atoms with Crippen molar-refractivity contribution in [3.05, 3.63) is 29.3 Å². The number of benzene rings is 1. The first-order valence-electron chi connectivity index (χ1n) is 10.6. The standard InChI is InChI=1S/C23H40O4/c1-7-10-14-25-20(9-3)22(24)23(26-15-11-8-2)19(6)27-21-16-17(4)12-13-18(21)5/h12-13,16,19-20,22-24H,7-11,14-15H2,1-6H3/t19-,20-,22+,23+/m1/s1. The molecule has 4 nitrogen and oxygen atoms in total. The highest BCUT2D eigenvalue weighted by Gasteiger charge is 2.33. The topological polar surface area (TPSA) is 47.9 Å². The van der Waals surface area contributed by atoms with E-state index >= 15 is 0 Å². The molecule has 0 aromatic heterocycles. The molecule has 27 heavy (non-hydrogen) atoms. The highest BCUT2D eigenvalue weighted by molar-refractivity contribution is 5.36. The molecule has 0 heterocycles. The predicted molar refractivity (Wildman–Crippen MR) is 112 cm³/mol. The van der Waals surface area contributed by atoms with E-state index in [4.69, 9.17) is 14.2 Å². The van der Waals surface area contributed by atoms with Gasteiger partial charge in [-0.3, -0.25) is 0 Å². The summed E-state index contributed by atoms with van der Waals surface area (Å²) in [7, 11) is 0. The smallest absolute Gasteiger partial charge is 0.125 e. The lowest BCUT2D eigenvalue weighted by atomic mass is 10.0. The Hall–Kier alpha value is -1.10. The van der Waals surface area contributed by atoms with E-state index in [0.717, 1.165) is 49.0 Å². The number of unbranched alkanes of at least 4 members (excludes halogenated alkanes) is 2. The third-order valence-electron chi connectivity index (χ3n) is 4.88. The second-order valence-electron chi connectivity index (χ2n) is 7.44. The van der Waals surface area contributed by atoms with Crippen molar-refractivity contribution in [1.82, 2.24) is 0 Å². The van der Waals surface area contributed by atoms with Crippen molar-refractivity contribution >= 4 is 0 Å². The second kappa shape index (κ2) is 13.1. The summed E-state index contributed by atoms with van der Waals surface area (Å²) in [6.07, 6.45) is 3.18. The molecule has 1 aromatic rings. The van der Waals surface area contributed by atoms with Gasteiger partial charge in [-0.2, -0.15) is 0 Å². The fraction of sp³-hybridized carbons (Fsp3) is 0.739. The molecule has 1 rings (SSSR count). The Kier molecular flexibility index (Phi) is 11.7. The molecule has 0 bridgehead atoms. The molecule has 1 N–H and O–H groups in total. The number of hydrogen-bond acceptors (Lipinski definition) is 4. The van der Waals surface area contributed by atoms with E-state index in [1.165, 1.54) is 0 Å². The average Bonchev–Trinajstić information content (AvgIpc) is 2.65.